The summed E-state index contributed by atoms with van der Waals surface area (Å²) >= 11 is 0. The van der Waals surface area contributed by atoms with Crippen LogP contribution in [0.4, 0.5) is 5.69 Å². The molecule has 1 aromatic carbocycles. The highest BCUT2D eigenvalue weighted by Crippen LogP contribution is 2.20. The highest BCUT2D eigenvalue weighted by Gasteiger charge is 2.18. The van der Waals surface area contributed by atoms with Crippen molar-refractivity contribution in [3.8, 4) is 0 Å². The van der Waals surface area contributed by atoms with Crippen molar-refractivity contribution in [1.29, 1.82) is 4.78 Å². The van der Waals surface area contributed by atoms with Gasteiger partial charge in [-0.25, -0.2) is 8.99 Å². The summed E-state index contributed by atoms with van der Waals surface area (Å²) in [7, 11) is -2.75. The summed E-state index contributed by atoms with van der Waals surface area (Å²) in [5.74, 6) is -0.222. The van der Waals surface area contributed by atoms with E-state index in [4.69, 9.17) is 4.78 Å². The number of benzene rings is 1. The van der Waals surface area contributed by atoms with Gasteiger partial charge in [-0.1, -0.05) is 13.8 Å². The van der Waals surface area contributed by atoms with Crippen LogP contribution in [0.5, 0.6) is 0 Å². The van der Waals surface area contributed by atoms with Crippen LogP contribution in [0, 0.1) is 11.7 Å². The van der Waals surface area contributed by atoms with Crippen molar-refractivity contribution in [2.24, 2.45) is 0 Å². The molecule has 1 unspecified atom stereocenters. The van der Waals surface area contributed by atoms with Crippen molar-refractivity contribution in [2.75, 3.05) is 11.6 Å². The molecule has 1 heterocycles. The van der Waals surface area contributed by atoms with Crippen molar-refractivity contribution in [3.05, 3.63) is 41.7 Å². The molecule has 6 nitrogen and oxygen atoms in total. The number of carbonyl (C=O) groups is 1. The molecule has 1 amide bonds. The van der Waals surface area contributed by atoms with Crippen LogP contribution in [0.1, 0.15) is 48.8 Å². The standard InChI is InChI=1S/C17H24N4O2S/c1-5-14(6-2)21-12(3)16(11-19-21)17(22)20-13-7-9-15(10-8-13)24(4,18)23/h7-11,14,18H,5-6H2,1-4H3,(H,20,22). The minimum Gasteiger partial charge on any atom is -0.322 e. The summed E-state index contributed by atoms with van der Waals surface area (Å²) in [5.41, 5.74) is 1.99. The Kier molecular flexibility index (Phi) is 5.43. The lowest BCUT2D eigenvalue weighted by Gasteiger charge is -2.15. The zero-order valence-corrected chi connectivity index (χ0v) is 15.3. The van der Waals surface area contributed by atoms with Crippen molar-refractivity contribution < 1.29 is 9.00 Å². The smallest absolute Gasteiger partial charge is 0.259 e. The van der Waals surface area contributed by atoms with E-state index in [0.717, 1.165) is 18.5 Å². The minimum absolute atomic E-state index is 0.222. The number of carbonyl (C=O) groups excluding carboxylic acids is 1. The maximum Gasteiger partial charge on any atom is 0.259 e. The number of nitrogens with one attached hydrogen (secondary N) is 2. The second kappa shape index (κ2) is 7.17. The summed E-state index contributed by atoms with van der Waals surface area (Å²) in [5, 5.41) is 7.18. The minimum atomic E-state index is -2.75. The maximum absolute atomic E-state index is 12.5. The van der Waals surface area contributed by atoms with E-state index in [1.165, 1.54) is 6.26 Å². The molecule has 1 aromatic heterocycles. The molecular formula is C17H24N4O2S. The molecule has 7 heteroatoms. The lowest BCUT2D eigenvalue weighted by Crippen LogP contribution is -2.15. The molecule has 0 saturated heterocycles. The first-order valence-corrected chi connectivity index (χ1v) is 9.93. The van der Waals surface area contributed by atoms with Gasteiger partial charge in [0.1, 0.15) is 0 Å². The number of amides is 1. The Morgan fingerprint density at radius 1 is 1.29 bits per heavy atom. The van der Waals surface area contributed by atoms with Gasteiger partial charge in [-0.15, -0.1) is 0 Å². The quantitative estimate of drug-likeness (QED) is 0.831. The Morgan fingerprint density at radius 2 is 1.88 bits per heavy atom. The number of nitrogens with zero attached hydrogens (tertiary/aromatic N) is 2. The fraction of sp³-hybridized carbons (Fsp3) is 0.412. The van der Waals surface area contributed by atoms with Gasteiger partial charge >= 0.3 is 0 Å². The number of hydrogen-bond acceptors (Lipinski definition) is 4. The van der Waals surface area contributed by atoms with Crippen LogP contribution >= 0.6 is 0 Å². The predicted octanol–water partition coefficient (Wildman–Crippen LogP) is 3.84. The molecule has 0 aliphatic carbocycles. The number of hydrogen-bond donors (Lipinski definition) is 2. The van der Waals surface area contributed by atoms with E-state index in [-0.39, 0.29) is 5.91 Å². The van der Waals surface area contributed by atoms with Crippen LogP contribution in [0.2, 0.25) is 0 Å². The van der Waals surface area contributed by atoms with Crippen LogP contribution in [0.3, 0.4) is 0 Å². The summed E-state index contributed by atoms with van der Waals surface area (Å²) in [6, 6.07) is 6.81. The summed E-state index contributed by atoms with van der Waals surface area (Å²) < 4.78 is 21.1. The molecule has 2 rings (SSSR count). The Morgan fingerprint density at radius 3 is 2.38 bits per heavy atom. The van der Waals surface area contributed by atoms with Crippen LogP contribution in [-0.2, 0) is 9.73 Å². The average molecular weight is 348 g/mol. The number of rotatable bonds is 6. The first kappa shape index (κ1) is 18.2. The molecule has 0 bridgehead atoms. The van der Waals surface area contributed by atoms with E-state index in [1.807, 2.05) is 11.6 Å². The average Bonchev–Trinajstić information content (AvgIpc) is 2.90. The van der Waals surface area contributed by atoms with E-state index in [1.54, 1.807) is 30.5 Å². The highest BCUT2D eigenvalue weighted by molar-refractivity contribution is 7.91. The molecule has 2 N–H and O–H groups in total. The van der Waals surface area contributed by atoms with E-state index < -0.39 is 9.73 Å². The second-order valence-corrected chi connectivity index (χ2v) is 8.04. The Bertz CT molecular complexity index is 819. The summed E-state index contributed by atoms with van der Waals surface area (Å²) in [6.07, 6.45) is 4.89. The van der Waals surface area contributed by atoms with Crippen molar-refractivity contribution in [2.45, 2.75) is 44.6 Å². The van der Waals surface area contributed by atoms with E-state index in [0.29, 0.717) is 22.2 Å². The maximum atomic E-state index is 12.5. The van der Waals surface area contributed by atoms with Crippen LogP contribution in [0.15, 0.2) is 35.4 Å². The van der Waals surface area contributed by atoms with Gasteiger partial charge in [-0.05, 0) is 44.0 Å². The fourth-order valence-electron chi connectivity index (χ4n) is 2.65. The van der Waals surface area contributed by atoms with Gasteiger partial charge in [0.2, 0.25) is 0 Å². The van der Waals surface area contributed by atoms with E-state index in [2.05, 4.69) is 24.3 Å². The molecule has 0 aliphatic heterocycles. The summed E-state index contributed by atoms with van der Waals surface area (Å²) in [6.45, 7) is 6.11. The molecular weight excluding hydrogens is 324 g/mol. The third-order valence-electron chi connectivity index (χ3n) is 4.14. The lowest BCUT2D eigenvalue weighted by atomic mass is 10.1. The van der Waals surface area contributed by atoms with Gasteiger partial charge in [0.05, 0.1) is 27.5 Å². The number of anilines is 1. The van der Waals surface area contributed by atoms with E-state index in [9.17, 15) is 9.00 Å². The molecule has 1 atom stereocenters. The predicted molar refractivity (Wildman–Crippen MR) is 96.0 cm³/mol. The topological polar surface area (TPSA) is 87.8 Å². The SMILES string of the molecule is CCC(CC)n1ncc(C(=O)Nc2ccc(S(C)(=N)=O)cc2)c1C. The van der Waals surface area contributed by atoms with Crippen LogP contribution in [-0.4, -0.2) is 26.2 Å². The van der Waals surface area contributed by atoms with Gasteiger partial charge in [-0.3, -0.25) is 9.48 Å². The molecule has 0 spiro atoms. The van der Waals surface area contributed by atoms with Crippen molar-refractivity contribution in [1.82, 2.24) is 9.78 Å². The lowest BCUT2D eigenvalue weighted by molar-refractivity contribution is 0.102. The first-order chi connectivity index (χ1) is 11.3. The first-order valence-electron chi connectivity index (χ1n) is 7.97. The highest BCUT2D eigenvalue weighted by atomic mass is 32.2. The Labute approximate surface area is 143 Å². The normalized spacial score (nSPS) is 13.7. The molecule has 24 heavy (non-hydrogen) atoms. The molecule has 0 radical (unpaired) electrons. The Hall–Kier alpha value is -2.15. The third kappa shape index (κ3) is 3.84. The molecule has 0 saturated carbocycles. The van der Waals surface area contributed by atoms with Crippen molar-refractivity contribution in [3.63, 3.8) is 0 Å². The molecule has 2 aromatic rings. The third-order valence-corrected chi connectivity index (χ3v) is 5.31. The van der Waals surface area contributed by atoms with Gasteiger partial charge in [0.15, 0.2) is 0 Å². The van der Waals surface area contributed by atoms with Crippen molar-refractivity contribution >= 4 is 21.3 Å². The number of aromatic nitrogens is 2. The van der Waals surface area contributed by atoms with Gasteiger partial charge in [0, 0.05) is 22.5 Å². The zero-order chi connectivity index (χ0) is 17.9. The largest absolute Gasteiger partial charge is 0.322 e. The molecule has 130 valence electrons. The Balaban J connectivity index is 2.19. The van der Waals surface area contributed by atoms with Gasteiger partial charge < -0.3 is 5.32 Å². The molecule has 0 fully saturated rings. The van der Waals surface area contributed by atoms with Gasteiger partial charge in [0.25, 0.3) is 5.91 Å². The van der Waals surface area contributed by atoms with Crippen LogP contribution < -0.4 is 5.32 Å². The second-order valence-electron chi connectivity index (χ2n) is 5.88. The monoisotopic (exact) mass is 348 g/mol. The molecule has 0 aliphatic rings. The van der Waals surface area contributed by atoms with Gasteiger partial charge in [-0.2, -0.15) is 5.10 Å². The fourth-order valence-corrected chi connectivity index (χ4v) is 3.30. The summed E-state index contributed by atoms with van der Waals surface area (Å²) in [4.78, 5) is 12.9. The zero-order valence-electron chi connectivity index (χ0n) is 14.5. The van der Waals surface area contributed by atoms with E-state index >= 15 is 0 Å². The van der Waals surface area contributed by atoms with Crippen LogP contribution in [0.25, 0.3) is 0 Å².